The minimum absolute atomic E-state index is 0.0507. The predicted octanol–water partition coefficient (Wildman–Crippen LogP) is 2.47. The minimum Gasteiger partial charge on any atom is -0.366 e. The molecule has 0 aliphatic rings. The number of rotatable bonds is 5. The second-order valence-corrected chi connectivity index (χ2v) is 4.77. The highest BCUT2D eigenvalue weighted by Gasteiger charge is 2.20. The number of halogens is 1. The molecular formula is C15H14FN3O3. The maximum absolute atomic E-state index is 13.7. The molecule has 114 valence electrons. The molecule has 7 heteroatoms. The number of hydrogen-bond acceptors (Lipinski definition) is 4. The maximum Gasteiger partial charge on any atom is 0.293 e. The molecule has 6 nitrogen and oxygen atoms in total. The fourth-order valence-corrected chi connectivity index (χ4v) is 2.11. The van der Waals surface area contributed by atoms with Crippen molar-refractivity contribution in [1.82, 2.24) is 0 Å². The van der Waals surface area contributed by atoms with Gasteiger partial charge in [0.15, 0.2) is 0 Å². The number of nitro benzene ring substituents is 1. The maximum atomic E-state index is 13.7. The molecule has 0 saturated heterocycles. The predicted molar refractivity (Wildman–Crippen MR) is 80.1 cm³/mol. The molecule has 0 saturated carbocycles. The molecule has 0 aromatic heterocycles. The van der Waals surface area contributed by atoms with Gasteiger partial charge in [0, 0.05) is 30.8 Å². The van der Waals surface area contributed by atoms with E-state index in [4.69, 9.17) is 5.73 Å². The molecule has 2 rings (SSSR count). The zero-order valence-electron chi connectivity index (χ0n) is 11.8. The van der Waals surface area contributed by atoms with E-state index < -0.39 is 10.8 Å². The molecule has 2 aromatic carbocycles. The van der Waals surface area contributed by atoms with Crippen LogP contribution in [0.4, 0.5) is 15.8 Å². The summed E-state index contributed by atoms with van der Waals surface area (Å²) in [5, 5.41) is 11.2. The molecule has 1 amide bonds. The first-order chi connectivity index (χ1) is 10.4. The molecule has 0 aliphatic carbocycles. The van der Waals surface area contributed by atoms with Gasteiger partial charge in [0.2, 0.25) is 5.91 Å². The third kappa shape index (κ3) is 3.20. The third-order valence-electron chi connectivity index (χ3n) is 3.23. The van der Waals surface area contributed by atoms with Crippen molar-refractivity contribution >= 4 is 17.3 Å². The van der Waals surface area contributed by atoms with Crippen LogP contribution in [-0.2, 0) is 6.54 Å². The second kappa shape index (κ2) is 6.21. The molecule has 0 unspecified atom stereocenters. The topological polar surface area (TPSA) is 89.5 Å². The van der Waals surface area contributed by atoms with Gasteiger partial charge in [-0.2, -0.15) is 0 Å². The lowest BCUT2D eigenvalue weighted by Crippen LogP contribution is -2.19. The molecule has 2 N–H and O–H groups in total. The summed E-state index contributed by atoms with van der Waals surface area (Å²) in [5.74, 6) is -1.13. The second-order valence-electron chi connectivity index (χ2n) is 4.77. The Morgan fingerprint density at radius 1 is 1.32 bits per heavy atom. The average Bonchev–Trinajstić information content (AvgIpc) is 2.48. The SMILES string of the molecule is CN(Cc1ccccc1F)c1ccc(C(N)=O)cc1[N+](=O)[O-]. The van der Waals surface area contributed by atoms with Crippen molar-refractivity contribution in [2.45, 2.75) is 6.54 Å². The molecule has 0 aliphatic heterocycles. The van der Waals surface area contributed by atoms with E-state index in [9.17, 15) is 19.3 Å². The van der Waals surface area contributed by atoms with Crippen LogP contribution >= 0.6 is 0 Å². The standard InChI is InChI=1S/C15H14FN3O3/c1-18(9-11-4-2-3-5-12(11)16)13-7-6-10(15(17)20)8-14(13)19(21)22/h2-8H,9H2,1H3,(H2,17,20). The Morgan fingerprint density at radius 3 is 2.59 bits per heavy atom. The summed E-state index contributed by atoms with van der Waals surface area (Å²) >= 11 is 0. The van der Waals surface area contributed by atoms with Crippen molar-refractivity contribution < 1.29 is 14.1 Å². The largest absolute Gasteiger partial charge is 0.366 e. The van der Waals surface area contributed by atoms with Crippen LogP contribution in [0.15, 0.2) is 42.5 Å². The normalized spacial score (nSPS) is 10.3. The number of nitrogens with zero attached hydrogens (tertiary/aromatic N) is 2. The fraction of sp³-hybridized carbons (Fsp3) is 0.133. The summed E-state index contributed by atoms with van der Waals surface area (Å²) in [6.45, 7) is 0.156. The molecule has 0 bridgehead atoms. The van der Waals surface area contributed by atoms with E-state index >= 15 is 0 Å². The van der Waals surface area contributed by atoms with Crippen LogP contribution in [0, 0.1) is 15.9 Å². The highest BCUT2D eigenvalue weighted by Crippen LogP contribution is 2.29. The Morgan fingerprint density at radius 2 is 2.00 bits per heavy atom. The number of primary amides is 1. The van der Waals surface area contributed by atoms with Crippen molar-refractivity contribution in [3.63, 3.8) is 0 Å². The van der Waals surface area contributed by atoms with Crippen LogP contribution in [-0.4, -0.2) is 17.9 Å². The van der Waals surface area contributed by atoms with Crippen LogP contribution in [0.5, 0.6) is 0 Å². The van der Waals surface area contributed by atoms with E-state index in [2.05, 4.69) is 0 Å². The van der Waals surface area contributed by atoms with E-state index in [0.29, 0.717) is 5.56 Å². The number of hydrogen-bond donors (Lipinski definition) is 1. The average molecular weight is 303 g/mol. The molecule has 0 spiro atoms. The van der Waals surface area contributed by atoms with E-state index in [0.717, 1.165) is 6.07 Å². The van der Waals surface area contributed by atoms with Crippen LogP contribution in [0.25, 0.3) is 0 Å². The smallest absolute Gasteiger partial charge is 0.293 e. The van der Waals surface area contributed by atoms with Gasteiger partial charge in [-0.05, 0) is 18.2 Å². The van der Waals surface area contributed by atoms with E-state index in [1.165, 1.54) is 18.2 Å². The zero-order chi connectivity index (χ0) is 16.3. The van der Waals surface area contributed by atoms with Crippen molar-refractivity contribution in [1.29, 1.82) is 0 Å². The van der Waals surface area contributed by atoms with Crippen LogP contribution in [0.3, 0.4) is 0 Å². The summed E-state index contributed by atoms with van der Waals surface area (Å²) in [6, 6.07) is 10.2. The van der Waals surface area contributed by atoms with Gasteiger partial charge in [0.25, 0.3) is 5.69 Å². The van der Waals surface area contributed by atoms with Gasteiger partial charge < -0.3 is 10.6 Å². The number of carbonyl (C=O) groups is 1. The summed E-state index contributed by atoms with van der Waals surface area (Å²) in [7, 11) is 1.61. The molecule has 22 heavy (non-hydrogen) atoms. The molecular weight excluding hydrogens is 289 g/mol. The summed E-state index contributed by atoms with van der Waals surface area (Å²) in [6.07, 6.45) is 0. The van der Waals surface area contributed by atoms with Crippen LogP contribution in [0.2, 0.25) is 0 Å². The zero-order valence-corrected chi connectivity index (χ0v) is 11.8. The highest BCUT2D eigenvalue weighted by molar-refractivity contribution is 5.94. The first kappa shape index (κ1) is 15.4. The van der Waals surface area contributed by atoms with Gasteiger partial charge in [0.1, 0.15) is 11.5 Å². The third-order valence-corrected chi connectivity index (χ3v) is 3.23. The molecule has 0 fully saturated rings. The summed E-state index contributed by atoms with van der Waals surface area (Å²) in [5.41, 5.74) is 5.62. The van der Waals surface area contributed by atoms with Gasteiger partial charge in [-0.25, -0.2) is 4.39 Å². The first-order valence-electron chi connectivity index (χ1n) is 6.43. The number of benzene rings is 2. The monoisotopic (exact) mass is 303 g/mol. The fourth-order valence-electron chi connectivity index (χ4n) is 2.11. The van der Waals surface area contributed by atoms with Crippen LogP contribution in [0.1, 0.15) is 15.9 Å². The van der Waals surface area contributed by atoms with Gasteiger partial charge in [-0.3, -0.25) is 14.9 Å². The van der Waals surface area contributed by atoms with Crippen molar-refractivity contribution in [3.05, 3.63) is 69.5 Å². The Labute approximate surface area is 126 Å². The van der Waals surface area contributed by atoms with Crippen molar-refractivity contribution in [3.8, 4) is 0 Å². The van der Waals surface area contributed by atoms with Gasteiger partial charge in [-0.1, -0.05) is 18.2 Å². The Bertz CT molecular complexity index is 734. The lowest BCUT2D eigenvalue weighted by Gasteiger charge is -2.19. The molecule has 0 atom stereocenters. The van der Waals surface area contributed by atoms with Gasteiger partial charge >= 0.3 is 0 Å². The van der Waals surface area contributed by atoms with Gasteiger partial charge in [0.05, 0.1) is 4.92 Å². The van der Waals surface area contributed by atoms with E-state index in [1.54, 1.807) is 30.1 Å². The quantitative estimate of drug-likeness (QED) is 0.678. The van der Waals surface area contributed by atoms with E-state index in [1.807, 2.05) is 0 Å². The number of carbonyl (C=O) groups excluding carboxylic acids is 1. The number of anilines is 1. The van der Waals surface area contributed by atoms with Crippen molar-refractivity contribution in [2.75, 3.05) is 11.9 Å². The number of nitro groups is 1. The van der Waals surface area contributed by atoms with Gasteiger partial charge in [-0.15, -0.1) is 0 Å². The molecule has 0 heterocycles. The minimum atomic E-state index is -0.744. The van der Waals surface area contributed by atoms with E-state index in [-0.39, 0.29) is 29.3 Å². The Balaban J connectivity index is 2.37. The summed E-state index contributed by atoms with van der Waals surface area (Å²) < 4.78 is 13.7. The number of nitrogens with two attached hydrogens (primary N) is 1. The molecule has 0 radical (unpaired) electrons. The summed E-state index contributed by atoms with van der Waals surface area (Å²) in [4.78, 5) is 23.2. The highest BCUT2D eigenvalue weighted by atomic mass is 19.1. The first-order valence-corrected chi connectivity index (χ1v) is 6.43. The number of amides is 1. The van der Waals surface area contributed by atoms with Crippen molar-refractivity contribution in [2.24, 2.45) is 5.73 Å². The Kier molecular flexibility index (Phi) is 4.36. The molecule has 2 aromatic rings. The lowest BCUT2D eigenvalue weighted by molar-refractivity contribution is -0.384. The van der Waals surface area contributed by atoms with Crippen LogP contribution < -0.4 is 10.6 Å². The Hall–Kier alpha value is -2.96. The lowest BCUT2D eigenvalue weighted by atomic mass is 10.1.